The van der Waals surface area contributed by atoms with Crippen LogP contribution in [0.5, 0.6) is 5.75 Å². The smallest absolute Gasteiger partial charge is 0.426 e. The number of aromatic nitrogens is 1. The third-order valence-corrected chi connectivity index (χ3v) is 3.09. The van der Waals surface area contributed by atoms with Crippen LogP contribution in [-0.4, -0.2) is 17.1 Å². The van der Waals surface area contributed by atoms with Gasteiger partial charge in [0.05, 0.1) is 5.52 Å². The molecule has 0 aliphatic carbocycles. The van der Waals surface area contributed by atoms with Gasteiger partial charge in [-0.3, -0.25) is 4.79 Å². The Hall–Kier alpha value is -2.82. The average Bonchev–Trinajstić information content (AvgIpc) is 2.81. The maximum Gasteiger partial charge on any atom is 0.426 e. The normalized spacial score (nSPS) is 10.7. The molecule has 5 heteroatoms. The van der Waals surface area contributed by atoms with Crippen LogP contribution in [0.3, 0.4) is 0 Å². The van der Waals surface area contributed by atoms with Crippen LogP contribution in [0.15, 0.2) is 57.7 Å². The Kier molecular flexibility index (Phi) is 3.31. The number of aryl methyl sites for hydroxylation is 1. The summed E-state index contributed by atoms with van der Waals surface area (Å²) in [6, 6.07) is 14.1. The van der Waals surface area contributed by atoms with Gasteiger partial charge in [0.2, 0.25) is 0 Å². The number of rotatable bonds is 3. The van der Waals surface area contributed by atoms with E-state index in [9.17, 15) is 9.59 Å². The zero-order valence-corrected chi connectivity index (χ0v) is 11.4. The second kappa shape index (κ2) is 5.28. The lowest BCUT2D eigenvalue weighted by molar-refractivity contribution is 0.0834. The summed E-state index contributed by atoms with van der Waals surface area (Å²) < 4.78 is 11.4. The van der Waals surface area contributed by atoms with E-state index < -0.39 is 11.7 Å². The predicted molar refractivity (Wildman–Crippen MR) is 77.8 cm³/mol. The molecule has 3 rings (SSSR count). The molecular weight excluding hydrogens is 270 g/mol. The van der Waals surface area contributed by atoms with Crippen LogP contribution in [-0.2, 0) is 0 Å². The first-order valence-electron chi connectivity index (χ1n) is 6.48. The van der Waals surface area contributed by atoms with E-state index in [0.29, 0.717) is 16.8 Å². The van der Waals surface area contributed by atoms with E-state index in [1.54, 1.807) is 30.3 Å². The SMILES string of the molecule is Cc1cccc(OCC(=O)n2c(=O)oc3ccccc32)c1. The summed E-state index contributed by atoms with van der Waals surface area (Å²) in [6.45, 7) is 1.70. The molecule has 0 saturated heterocycles. The van der Waals surface area contributed by atoms with Gasteiger partial charge < -0.3 is 9.15 Å². The molecule has 106 valence electrons. The molecule has 0 radical (unpaired) electrons. The molecule has 0 spiro atoms. The fourth-order valence-corrected chi connectivity index (χ4v) is 2.12. The summed E-state index contributed by atoms with van der Waals surface area (Å²) in [7, 11) is 0. The highest BCUT2D eigenvalue weighted by Gasteiger charge is 2.16. The van der Waals surface area contributed by atoms with Crippen molar-refractivity contribution in [3.8, 4) is 5.75 Å². The Balaban J connectivity index is 1.84. The summed E-state index contributed by atoms with van der Waals surface area (Å²) in [4.78, 5) is 23.9. The number of hydrogen-bond acceptors (Lipinski definition) is 4. The predicted octanol–water partition coefficient (Wildman–Crippen LogP) is 2.62. The van der Waals surface area contributed by atoms with Crippen molar-refractivity contribution in [1.82, 2.24) is 4.57 Å². The lowest BCUT2D eigenvalue weighted by Crippen LogP contribution is -2.27. The van der Waals surface area contributed by atoms with Crippen LogP contribution >= 0.6 is 0 Å². The zero-order chi connectivity index (χ0) is 14.8. The van der Waals surface area contributed by atoms with E-state index in [0.717, 1.165) is 10.1 Å². The van der Waals surface area contributed by atoms with Gasteiger partial charge in [0, 0.05) is 0 Å². The molecule has 0 unspecified atom stereocenters. The fraction of sp³-hybridized carbons (Fsp3) is 0.125. The standard InChI is InChI=1S/C16H13NO4/c1-11-5-4-6-12(9-11)20-10-15(18)17-13-7-2-3-8-14(13)21-16(17)19/h2-9H,10H2,1H3. The first-order valence-corrected chi connectivity index (χ1v) is 6.48. The number of nitrogens with zero attached hydrogens (tertiary/aromatic N) is 1. The molecular formula is C16H13NO4. The number of benzene rings is 2. The molecule has 0 aliphatic heterocycles. The molecule has 1 aromatic heterocycles. The Labute approximate surface area is 120 Å². The average molecular weight is 283 g/mol. The van der Waals surface area contributed by atoms with Gasteiger partial charge in [0.25, 0.3) is 5.91 Å². The van der Waals surface area contributed by atoms with E-state index in [1.165, 1.54) is 0 Å². The van der Waals surface area contributed by atoms with Crippen molar-refractivity contribution in [2.75, 3.05) is 6.61 Å². The number of ether oxygens (including phenoxy) is 1. The minimum absolute atomic E-state index is 0.229. The number of carbonyl (C=O) groups excluding carboxylic acids is 1. The van der Waals surface area contributed by atoms with Crippen molar-refractivity contribution in [3.63, 3.8) is 0 Å². The summed E-state index contributed by atoms with van der Waals surface area (Å²) in [5.41, 5.74) is 1.86. The molecule has 0 atom stereocenters. The van der Waals surface area contributed by atoms with Crippen LogP contribution in [0.2, 0.25) is 0 Å². The van der Waals surface area contributed by atoms with Crippen molar-refractivity contribution in [3.05, 3.63) is 64.6 Å². The first kappa shape index (κ1) is 13.2. The third-order valence-electron chi connectivity index (χ3n) is 3.09. The number of oxazole rings is 1. The van der Waals surface area contributed by atoms with Gasteiger partial charge in [-0.15, -0.1) is 0 Å². The van der Waals surface area contributed by atoms with Crippen molar-refractivity contribution in [2.24, 2.45) is 0 Å². The van der Waals surface area contributed by atoms with Crippen molar-refractivity contribution in [2.45, 2.75) is 6.92 Å². The topological polar surface area (TPSA) is 61.4 Å². The van der Waals surface area contributed by atoms with Crippen LogP contribution in [0.25, 0.3) is 11.1 Å². The molecule has 5 nitrogen and oxygen atoms in total. The molecule has 0 bridgehead atoms. The van der Waals surface area contributed by atoms with Crippen molar-refractivity contribution < 1.29 is 13.9 Å². The van der Waals surface area contributed by atoms with E-state index in [2.05, 4.69) is 0 Å². The third kappa shape index (κ3) is 2.58. The highest BCUT2D eigenvalue weighted by atomic mass is 16.5. The van der Waals surface area contributed by atoms with Gasteiger partial charge >= 0.3 is 5.76 Å². The number of fused-ring (bicyclic) bond motifs is 1. The second-order valence-corrected chi connectivity index (χ2v) is 4.67. The highest BCUT2D eigenvalue weighted by Crippen LogP contribution is 2.14. The maximum atomic E-state index is 12.2. The highest BCUT2D eigenvalue weighted by molar-refractivity contribution is 5.89. The molecule has 0 saturated carbocycles. The van der Waals surface area contributed by atoms with Crippen LogP contribution in [0.1, 0.15) is 10.4 Å². The minimum atomic E-state index is -0.700. The van der Waals surface area contributed by atoms with Gasteiger partial charge in [-0.05, 0) is 36.8 Å². The van der Waals surface area contributed by atoms with Crippen LogP contribution in [0.4, 0.5) is 0 Å². The summed E-state index contributed by atoms with van der Waals surface area (Å²) in [6.07, 6.45) is 0. The maximum absolute atomic E-state index is 12.2. The number of hydrogen-bond donors (Lipinski definition) is 0. The molecule has 1 heterocycles. The molecule has 0 aliphatic rings. The van der Waals surface area contributed by atoms with E-state index >= 15 is 0 Å². The van der Waals surface area contributed by atoms with E-state index in [4.69, 9.17) is 9.15 Å². The first-order chi connectivity index (χ1) is 10.1. The van der Waals surface area contributed by atoms with Gasteiger partial charge in [-0.2, -0.15) is 0 Å². The molecule has 2 aromatic carbocycles. The summed E-state index contributed by atoms with van der Waals surface area (Å²) in [5.74, 6) is -0.579. The van der Waals surface area contributed by atoms with Gasteiger partial charge in [-0.25, -0.2) is 9.36 Å². The Morgan fingerprint density at radius 3 is 2.81 bits per heavy atom. The largest absolute Gasteiger partial charge is 0.484 e. The zero-order valence-electron chi connectivity index (χ0n) is 11.4. The molecule has 0 amide bonds. The summed E-state index contributed by atoms with van der Waals surface area (Å²) in [5, 5.41) is 0. The Bertz CT molecular complexity index is 860. The van der Waals surface area contributed by atoms with Crippen molar-refractivity contribution >= 4 is 17.0 Å². The Morgan fingerprint density at radius 1 is 1.19 bits per heavy atom. The lowest BCUT2D eigenvalue weighted by Gasteiger charge is -2.06. The molecule has 0 N–H and O–H groups in total. The number of para-hydroxylation sites is 2. The van der Waals surface area contributed by atoms with E-state index in [1.807, 2.05) is 25.1 Å². The minimum Gasteiger partial charge on any atom is -0.484 e. The lowest BCUT2D eigenvalue weighted by atomic mass is 10.2. The quantitative estimate of drug-likeness (QED) is 0.741. The fourth-order valence-electron chi connectivity index (χ4n) is 2.12. The van der Waals surface area contributed by atoms with Crippen molar-refractivity contribution in [1.29, 1.82) is 0 Å². The van der Waals surface area contributed by atoms with E-state index in [-0.39, 0.29) is 6.61 Å². The second-order valence-electron chi connectivity index (χ2n) is 4.67. The van der Waals surface area contributed by atoms with Gasteiger partial charge in [0.1, 0.15) is 5.75 Å². The van der Waals surface area contributed by atoms with Gasteiger partial charge in [0.15, 0.2) is 12.2 Å². The summed E-state index contributed by atoms with van der Waals surface area (Å²) >= 11 is 0. The molecule has 0 fully saturated rings. The van der Waals surface area contributed by atoms with Crippen LogP contribution < -0.4 is 10.5 Å². The molecule has 21 heavy (non-hydrogen) atoms. The monoisotopic (exact) mass is 283 g/mol. The van der Waals surface area contributed by atoms with Crippen LogP contribution in [0, 0.1) is 6.92 Å². The number of carbonyl (C=O) groups is 1. The molecule has 3 aromatic rings. The Morgan fingerprint density at radius 2 is 2.00 bits per heavy atom. The van der Waals surface area contributed by atoms with Gasteiger partial charge in [-0.1, -0.05) is 24.3 Å².